The summed E-state index contributed by atoms with van der Waals surface area (Å²) in [7, 11) is 1.91. The van der Waals surface area contributed by atoms with E-state index in [1.54, 1.807) is 4.68 Å². The Balaban J connectivity index is 1.99. The minimum Gasteiger partial charge on any atom is -0.321 e. The summed E-state index contributed by atoms with van der Waals surface area (Å²) in [5.74, 6) is 0. The Morgan fingerprint density at radius 1 is 1.25 bits per heavy atom. The Morgan fingerprint density at radius 2 is 2.05 bits per heavy atom. The number of aromatic nitrogens is 3. The Morgan fingerprint density at radius 3 is 2.75 bits per heavy atom. The molecule has 3 aromatic rings. The quantitative estimate of drug-likeness (QED) is 0.774. The van der Waals surface area contributed by atoms with Crippen LogP contribution in [0.25, 0.3) is 22.2 Å². The van der Waals surface area contributed by atoms with Crippen LogP contribution >= 0.6 is 0 Å². The van der Waals surface area contributed by atoms with Gasteiger partial charge in [-0.05, 0) is 30.5 Å². The van der Waals surface area contributed by atoms with Crippen LogP contribution in [0.4, 0.5) is 0 Å². The van der Waals surface area contributed by atoms with Crippen molar-refractivity contribution in [3.63, 3.8) is 0 Å². The van der Waals surface area contributed by atoms with E-state index in [2.05, 4.69) is 17.2 Å². The molecule has 20 heavy (non-hydrogen) atoms. The molecule has 4 heteroatoms. The molecule has 1 fully saturated rings. The van der Waals surface area contributed by atoms with Gasteiger partial charge in [0, 0.05) is 29.7 Å². The van der Waals surface area contributed by atoms with Gasteiger partial charge in [-0.2, -0.15) is 5.10 Å². The lowest BCUT2D eigenvalue weighted by molar-refractivity contribution is 0.747. The van der Waals surface area contributed by atoms with Crippen LogP contribution < -0.4 is 5.73 Å². The summed E-state index contributed by atoms with van der Waals surface area (Å²) in [6.45, 7) is 0. The third kappa shape index (κ3) is 1.72. The molecule has 2 N–H and O–H groups in total. The number of fused-ring (bicyclic) bond motifs is 1. The van der Waals surface area contributed by atoms with Gasteiger partial charge in [-0.15, -0.1) is 0 Å². The second kappa shape index (κ2) is 3.90. The van der Waals surface area contributed by atoms with Gasteiger partial charge in [0.05, 0.1) is 17.4 Å². The summed E-state index contributed by atoms with van der Waals surface area (Å²) in [5.41, 5.74) is 10.5. The van der Waals surface area contributed by atoms with E-state index in [0.717, 1.165) is 29.6 Å². The third-order valence-corrected chi connectivity index (χ3v) is 4.04. The summed E-state index contributed by atoms with van der Waals surface area (Å²) < 4.78 is 1.79. The number of para-hydroxylation sites is 1. The molecule has 2 aromatic heterocycles. The smallest absolute Gasteiger partial charge is 0.0744 e. The molecule has 1 aromatic carbocycles. The summed E-state index contributed by atoms with van der Waals surface area (Å²) in [6.07, 6.45) is 5.93. The fraction of sp³-hybridized carbons (Fsp3) is 0.250. The van der Waals surface area contributed by atoms with Crippen LogP contribution in [0, 0.1) is 0 Å². The van der Waals surface area contributed by atoms with E-state index in [9.17, 15) is 0 Å². The van der Waals surface area contributed by atoms with Gasteiger partial charge < -0.3 is 5.73 Å². The normalized spacial score (nSPS) is 16.5. The second-order valence-corrected chi connectivity index (χ2v) is 5.63. The van der Waals surface area contributed by atoms with Crippen molar-refractivity contribution in [2.45, 2.75) is 18.4 Å². The van der Waals surface area contributed by atoms with Gasteiger partial charge in [0.15, 0.2) is 0 Å². The molecule has 0 bridgehead atoms. The molecule has 1 aliphatic carbocycles. The fourth-order valence-electron chi connectivity index (χ4n) is 2.69. The standard InChI is InChI=1S/C16H16N4/c1-20-10-11(9-18-20)15-8-13(16(17)6-7-16)12-4-2-3-5-14(12)19-15/h2-5,8-10H,6-7,17H2,1H3. The van der Waals surface area contributed by atoms with Gasteiger partial charge in [0.1, 0.15) is 0 Å². The van der Waals surface area contributed by atoms with Crippen molar-refractivity contribution in [2.24, 2.45) is 12.8 Å². The molecule has 2 heterocycles. The highest BCUT2D eigenvalue weighted by molar-refractivity contribution is 5.86. The maximum atomic E-state index is 6.44. The van der Waals surface area contributed by atoms with Gasteiger partial charge in [0.2, 0.25) is 0 Å². The maximum absolute atomic E-state index is 6.44. The molecule has 0 saturated heterocycles. The Labute approximate surface area is 117 Å². The molecule has 0 amide bonds. The van der Waals surface area contributed by atoms with Crippen molar-refractivity contribution in [3.8, 4) is 11.3 Å². The van der Waals surface area contributed by atoms with Gasteiger partial charge in [0.25, 0.3) is 0 Å². The number of nitrogens with two attached hydrogens (primary N) is 1. The van der Waals surface area contributed by atoms with E-state index >= 15 is 0 Å². The highest BCUT2D eigenvalue weighted by Gasteiger charge is 2.41. The molecule has 0 radical (unpaired) electrons. The molecule has 1 aliphatic rings. The Kier molecular flexibility index (Phi) is 2.26. The number of benzene rings is 1. The summed E-state index contributed by atoms with van der Waals surface area (Å²) in [6, 6.07) is 10.3. The average molecular weight is 264 g/mol. The third-order valence-electron chi connectivity index (χ3n) is 4.04. The van der Waals surface area contributed by atoms with Crippen LogP contribution in [-0.4, -0.2) is 14.8 Å². The SMILES string of the molecule is Cn1cc(-c2cc(C3(N)CC3)c3ccccc3n2)cn1. The zero-order chi connectivity index (χ0) is 13.7. The van der Waals surface area contributed by atoms with Crippen molar-refractivity contribution in [1.29, 1.82) is 0 Å². The molecular weight excluding hydrogens is 248 g/mol. The molecule has 100 valence electrons. The van der Waals surface area contributed by atoms with Crippen molar-refractivity contribution >= 4 is 10.9 Å². The molecule has 1 saturated carbocycles. The molecular formula is C16H16N4. The lowest BCUT2D eigenvalue weighted by atomic mass is 9.98. The zero-order valence-corrected chi connectivity index (χ0v) is 11.4. The van der Waals surface area contributed by atoms with Crippen LogP contribution in [0.5, 0.6) is 0 Å². The molecule has 4 nitrogen and oxygen atoms in total. The molecule has 0 spiro atoms. The van der Waals surface area contributed by atoms with E-state index in [-0.39, 0.29) is 5.54 Å². The fourth-order valence-corrected chi connectivity index (χ4v) is 2.69. The largest absolute Gasteiger partial charge is 0.321 e. The number of hydrogen-bond donors (Lipinski definition) is 1. The molecule has 0 aliphatic heterocycles. The summed E-state index contributed by atoms with van der Waals surface area (Å²) in [4.78, 5) is 4.75. The predicted molar refractivity (Wildman–Crippen MR) is 79.0 cm³/mol. The van der Waals surface area contributed by atoms with E-state index < -0.39 is 0 Å². The summed E-state index contributed by atoms with van der Waals surface area (Å²) >= 11 is 0. The Bertz CT molecular complexity index is 799. The predicted octanol–water partition coefficient (Wildman–Crippen LogP) is 2.58. The highest BCUT2D eigenvalue weighted by atomic mass is 15.2. The molecule has 0 unspecified atom stereocenters. The monoisotopic (exact) mass is 264 g/mol. The number of hydrogen-bond acceptors (Lipinski definition) is 3. The van der Waals surface area contributed by atoms with Crippen LogP contribution in [0.3, 0.4) is 0 Å². The molecule has 0 atom stereocenters. The van der Waals surface area contributed by atoms with Crippen LogP contribution in [-0.2, 0) is 12.6 Å². The Hall–Kier alpha value is -2.20. The van der Waals surface area contributed by atoms with E-state index in [1.165, 1.54) is 10.9 Å². The van der Waals surface area contributed by atoms with Crippen LogP contribution in [0.15, 0.2) is 42.7 Å². The van der Waals surface area contributed by atoms with Crippen LogP contribution in [0.1, 0.15) is 18.4 Å². The second-order valence-electron chi connectivity index (χ2n) is 5.63. The van der Waals surface area contributed by atoms with Gasteiger partial charge >= 0.3 is 0 Å². The maximum Gasteiger partial charge on any atom is 0.0744 e. The first-order valence-electron chi connectivity index (χ1n) is 6.84. The first-order valence-corrected chi connectivity index (χ1v) is 6.84. The number of pyridine rings is 1. The van der Waals surface area contributed by atoms with E-state index in [4.69, 9.17) is 10.7 Å². The van der Waals surface area contributed by atoms with Crippen molar-refractivity contribution in [2.75, 3.05) is 0 Å². The van der Waals surface area contributed by atoms with Crippen LogP contribution in [0.2, 0.25) is 0 Å². The number of aryl methyl sites for hydroxylation is 1. The van der Waals surface area contributed by atoms with Gasteiger partial charge in [-0.3, -0.25) is 4.68 Å². The first-order chi connectivity index (χ1) is 9.66. The molecule has 4 rings (SSSR count). The van der Waals surface area contributed by atoms with Crippen molar-refractivity contribution in [1.82, 2.24) is 14.8 Å². The average Bonchev–Trinajstić information content (AvgIpc) is 3.06. The first kappa shape index (κ1) is 11.6. The van der Waals surface area contributed by atoms with Crippen molar-refractivity contribution in [3.05, 3.63) is 48.3 Å². The van der Waals surface area contributed by atoms with E-state index in [1.807, 2.05) is 37.6 Å². The number of nitrogens with zero attached hydrogens (tertiary/aromatic N) is 3. The van der Waals surface area contributed by atoms with Crippen molar-refractivity contribution < 1.29 is 0 Å². The number of rotatable bonds is 2. The highest BCUT2D eigenvalue weighted by Crippen LogP contribution is 2.46. The minimum absolute atomic E-state index is 0.167. The van der Waals surface area contributed by atoms with E-state index in [0.29, 0.717) is 0 Å². The topological polar surface area (TPSA) is 56.7 Å². The zero-order valence-electron chi connectivity index (χ0n) is 11.4. The minimum atomic E-state index is -0.167. The van der Waals surface area contributed by atoms with Gasteiger partial charge in [-0.1, -0.05) is 18.2 Å². The summed E-state index contributed by atoms with van der Waals surface area (Å²) in [5, 5.41) is 5.39. The van der Waals surface area contributed by atoms with Gasteiger partial charge in [-0.25, -0.2) is 4.98 Å². The lowest BCUT2D eigenvalue weighted by Gasteiger charge is -2.14. The lowest BCUT2D eigenvalue weighted by Crippen LogP contribution is -2.19.